The number of rotatable bonds is 3. The maximum atomic E-state index is 13.2. The van der Waals surface area contributed by atoms with Crippen LogP contribution in [0.5, 0.6) is 0 Å². The molecule has 4 rings (SSSR count). The summed E-state index contributed by atoms with van der Waals surface area (Å²) in [5, 5.41) is 0. The van der Waals surface area contributed by atoms with Crippen molar-refractivity contribution in [1.29, 1.82) is 0 Å². The third-order valence-electron chi connectivity index (χ3n) is 5.72. The number of benzene rings is 2. The first-order valence-electron chi connectivity index (χ1n) is 9.88. The van der Waals surface area contributed by atoms with Gasteiger partial charge in [0.05, 0.1) is 10.5 Å². The van der Waals surface area contributed by atoms with Gasteiger partial charge in [0.2, 0.25) is 10.0 Å². The molecule has 7 nitrogen and oxygen atoms in total. The van der Waals surface area contributed by atoms with Gasteiger partial charge in [-0.15, -0.1) is 0 Å². The maximum absolute atomic E-state index is 13.2. The molecule has 0 aliphatic carbocycles. The van der Waals surface area contributed by atoms with Gasteiger partial charge in [-0.1, -0.05) is 35.9 Å². The lowest BCUT2D eigenvalue weighted by Crippen LogP contribution is -2.58. The van der Waals surface area contributed by atoms with Crippen molar-refractivity contribution in [3.8, 4) is 0 Å². The van der Waals surface area contributed by atoms with E-state index in [0.717, 1.165) is 11.1 Å². The maximum Gasteiger partial charge on any atom is 0.339 e. The molecule has 1 saturated heterocycles. The third kappa shape index (κ3) is 3.61. The molecule has 1 unspecified atom stereocenters. The fourth-order valence-corrected chi connectivity index (χ4v) is 5.40. The molecule has 158 valence electrons. The standard InChI is InChI=1S/C22H24N2O5S/c1-16-7-9-18(10-8-16)30(27,28)24-13-11-23(12-14-24)21(26)22(2)15-17-5-3-4-6-19(17)20(25)29-22/h3-10H,11-15H2,1-2H3. The van der Waals surface area contributed by atoms with Crippen LogP contribution in [-0.4, -0.2) is 61.3 Å². The number of sulfonamides is 1. The normalized spacial score (nSPS) is 22.3. The minimum absolute atomic E-state index is 0.197. The molecule has 1 fully saturated rings. The van der Waals surface area contributed by atoms with Gasteiger partial charge in [-0.25, -0.2) is 13.2 Å². The predicted octanol–water partition coefficient (Wildman–Crippen LogP) is 2.00. The number of carbonyl (C=O) groups excluding carboxylic acids is 2. The molecule has 0 aromatic heterocycles. The molecule has 1 amide bonds. The van der Waals surface area contributed by atoms with Gasteiger partial charge in [-0.05, 0) is 37.6 Å². The SMILES string of the molecule is Cc1ccc(S(=O)(=O)N2CCN(C(=O)C3(C)Cc4ccccc4C(=O)O3)CC2)cc1. The highest BCUT2D eigenvalue weighted by Gasteiger charge is 2.45. The van der Waals surface area contributed by atoms with E-state index in [0.29, 0.717) is 12.0 Å². The molecule has 2 aliphatic heterocycles. The number of hydrogen-bond donors (Lipinski definition) is 0. The Morgan fingerprint density at radius 2 is 1.63 bits per heavy atom. The van der Waals surface area contributed by atoms with E-state index in [1.54, 1.807) is 48.2 Å². The number of hydrogen-bond acceptors (Lipinski definition) is 5. The molecule has 0 saturated carbocycles. The zero-order valence-corrected chi connectivity index (χ0v) is 17.8. The summed E-state index contributed by atoms with van der Waals surface area (Å²) in [6.07, 6.45) is 0.301. The summed E-state index contributed by atoms with van der Waals surface area (Å²) in [7, 11) is -3.61. The number of piperazine rings is 1. The minimum atomic E-state index is -3.61. The molecule has 0 bridgehead atoms. The lowest BCUT2D eigenvalue weighted by Gasteiger charge is -2.40. The van der Waals surface area contributed by atoms with Crippen molar-refractivity contribution in [2.45, 2.75) is 30.8 Å². The smallest absolute Gasteiger partial charge is 0.339 e. The van der Waals surface area contributed by atoms with Gasteiger partial charge in [0.25, 0.3) is 5.91 Å². The van der Waals surface area contributed by atoms with Crippen molar-refractivity contribution in [1.82, 2.24) is 9.21 Å². The van der Waals surface area contributed by atoms with Crippen LogP contribution in [0.3, 0.4) is 0 Å². The molecule has 2 aromatic carbocycles. The molecular formula is C22H24N2O5S. The van der Waals surface area contributed by atoms with Crippen molar-refractivity contribution < 1.29 is 22.7 Å². The topological polar surface area (TPSA) is 84.0 Å². The first kappa shape index (κ1) is 20.6. The summed E-state index contributed by atoms with van der Waals surface area (Å²) >= 11 is 0. The van der Waals surface area contributed by atoms with E-state index in [4.69, 9.17) is 4.74 Å². The number of fused-ring (bicyclic) bond motifs is 1. The number of esters is 1. The second-order valence-corrected chi connectivity index (χ2v) is 9.90. The van der Waals surface area contributed by atoms with Gasteiger partial charge in [0.15, 0.2) is 5.60 Å². The van der Waals surface area contributed by atoms with Crippen LogP contribution in [0.4, 0.5) is 0 Å². The molecule has 8 heteroatoms. The van der Waals surface area contributed by atoms with Crippen molar-refractivity contribution in [3.63, 3.8) is 0 Å². The highest BCUT2D eigenvalue weighted by molar-refractivity contribution is 7.89. The van der Waals surface area contributed by atoms with E-state index in [1.807, 2.05) is 19.1 Å². The summed E-state index contributed by atoms with van der Waals surface area (Å²) in [6, 6.07) is 13.8. The van der Waals surface area contributed by atoms with E-state index in [1.165, 1.54) is 4.31 Å². The Bertz CT molecular complexity index is 1090. The number of carbonyl (C=O) groups is 2. The fraction of sp³-hybridized carbons (Fsp3) is 0.364. The van der Waals surface area contributed by atoms with Gasteiger partial charge < -0.3 is 9.64 Å². The van der Waals surface area contributed by atoms with Gasteiger partial charge in [-0.3, -0.25) is 4.79 Å². The summed E-state index contributed by atoms with van der Waals surface area (Å²) in [5.74, 6) is -0.800. The van der Waals surface area contributed by atoms with Gasteiger partial charge in [-0.2, -0.15) is 4.31 Å². The van der Waals surface area contributed by atoms with Crippen LogP contribution in [0, 0.1) is 6.92 Å². The lowest BCUT2D eigenvalue weighted by molar-refractivity contribution is -0.152. The van der Waals surface area contributed by atoms with Gasteiger partial charge >= 0.3 is 5.97 Å². The molecule has 30 heavy (non-hydrogen) atoms. The predicted molar refractivity (Wildman–Crippen MR) is 110 cm³/mol. The van der Waals surface area contributed by atoms with Crippen molar-refractivity contribution >= 4 is 21.9 Å². The highest BCUT2D eigenvalue weighted by atomic mass is 32.2. The van der Waals surface area contributed by atoms with E-state index in [9.17, 15) is 18.0 Å². The average Bonchev–Trinajstić information content (AvgIpc) is 2.73. The van der Waals surface area contributed by atoms with E-state index in [-0.39, 0.29) is 37.0 Å². The summed E-state index contributed by atoms with van der Waals surface area (Å²) in [4.78, 5) is 27.4. The van der Waals surface area contributed by atoms with Crippen LogP contribution in [0.15, 0.2) is 53.4 Å². The van der Waals surface area contributed by atoms with E-state index >= 15 is 0 Å². The molecule has 0 spiro atoms. The van der Waals surface area contributed by atoms with Gasteiger partial charge in [0.1, 0.15) is 0 Å². The zero-order valence-electron chi connectivity index (χ0n) is 17.0. The first-order chi connectivity index (χ1) is 14.2. The summed E-state index contributed by atoms with van der Waals surface area (Å²) in [6.45, 7) is 4.42. The Morgan fingerprint density at radius 3 is 2.30 bits per heavy atom. The number of amides is 1. The van der Waals surface area contributed by atoms with Crippen LogP contribution in [-0.2, 0) is 26.0 Å². The fourth-order valence-electron chi connectivity index (χ4n) is 3.98. The monoisotopic (exact) mass is 428 g/mol. The molecule has 2 aromatic rings. The molecule has 2 aliphatic rings. The quantitative estimate of drug-likeness (QED) is 0.699. The van der Waals surface area contributed by atoms with Crippen LogP contribution < -0.4 is 0 Å². The molecule has 0 N–H and O–H groups in total. The van der Waals surface area contributed by atoms with E-state index < -0.39 is 21.6 Å². The second kappa shape index (κ2) is 7.52. The Kier molecular flexibility index (Phi) is 5.15. The zero-order chi connectivity index (χ0) is 21.5. The van der Waals surface area contributed by atoms with E-state index in [2.05, 4.69) is 0 Å². The Morgan fingerprint density at radius 1 is 1.00 bits per heavy atom. The van der Waals surface area contributed by atoms with Crippen molar-refractivity contribution in [3.05, 3.63) is 65.2 Å². The first-order valence-corrected chi connectivity index (χ1v) is 11.3. The highest BCUT2D eigenvalue weighted by Crippen LogP contribution is 2.30. The molecule has 0 radical (unpaired) electrons. The van der Waals surface area contributed by atoms with Gasteiger partial charge in [0, 0.05) is 32.6 Å². The van der Waals surface area contributed by atoms with Crippen LogP contribution in [0.1, 0.15) is 28.4 Å². The number of cyclic esters (lactones) is 1. The number of nitrogens with zero attached hydrogens (tertiary/aromatic N) is 2. The molecule has 2 heterocycles. The summed E-state index contributed by atoms with van der Waals surface area (Å²) in [5.41, 5.74) is 0.965. The average molecular weight is 429 g/mol. The van der Waals surface area contributed by atoms with Crippen molar-refractivity contribution in [2.75, 3.05) is 26.2 Å². The largest absolute Gasteiger partial charge is 0.445 e. The number of aryl methyl sites for hydroxylation is 1. The van der Waals surface area contributed by atoms with Crippen LogP contribution in [0.25, 0.3) is 0 Å². The molecular weight excluding hydrogens is 404 g/mol. The second-order valence-electron chi connectivity index (χ2n) is 7.96. The van der Waals surface area contributed by atoms with Crippen LogP contribution in [0.2, 0.25) is 0 Å². The summed E-state index contributed by atoms with van der Waals surface area (Å²) < 4.78 is 32.7. The third-order valence-corrected chi connectivity index (χ3v) is 7.63. The van der Waals surface area contributed by atoms with Crippen LogP contribution >= 0.6 is 0 Å². The number of ether oxygens (including phenoxy) is 1. The minimum Gasteiger partial charge on any atom is -0.445 e. The molecule has 1 atom stereocenters. The Labute approximate surface area is 176 Å². The van der Waals surface area contributed by atoms with Crippen molar-refractivity contribution in [2.24, 2.45) is 0 Å². The Balaban J connectivity index is 1.46. The Hall–Kier alpha value is -2.71. The lowest BCUT2D eigenvalue weighted by atomic mass is 9.89.